The number of phenols is 1. The molecule has 2 saturated heterocycles. The topological polar surface area (TPSA) is 118 Å². The average Bonchev–Trinajstić information content (AvgIpc) is 3.49. The van der Waals surface area contributed by atoms with Crippen molar-refractivity contribution in [1.29, 1.82) is 0 Å². The number of Topliss-reactive ketones (excluding diaryl/α,β-unsaturated/α-hetero) is 1. The van der Waals surface area contributed by atoms with E-state index < -0.39 is 6.17 Å². The van der Waals surface area contributed by atoms with Gasteiger partial charge in [0.25, 0.3) is 0 Å². The quantitative estimate of drug-likeness (QED) is 0.143. The summed E-state index contributed by atoms with van der Waals surface area (Å²) < 4.78 is 2.13. The van der Waals surface area contributed by atoms with E-state index >= 15 is 0 Å². The Labute approximate surface area is 312 Å². The van der Waals surface area contributed by atoms with Crippen LogP contribution >= 0.6 is 0 Å². The molecule has 4 aromatic rings. The number of aromatic nitrogens is 1. The van der Waals surface area contributed by atoms with Crippen molar-refractivity contribution in [2.75, 3.05) is 26.2 Å². The van der Waals surface area contributed by atoms with Crippen LogP contribution in [0.3, 0.4) is 0 Å². The zero-order valence-corrected chi connectivity index (χ0v) is 31.5. The third kappa shape index (κ3) is 9.53. The van der Waals surface area contributed by atoms with E-state index in [1.54, 1.807) is 33.1 Å². The van der Waals surface area contributed by atoms with E-state index in [-0.39, 0.29) is 55.2 Å². The first-order valence-corrected chi connectivity index (χ1v) is 18.2. The molecule has 0 aliphatic carbocycles. The summed E-state index contributed by atoms with van der Waals surface area (Å²) in [6.07, 6.45) is 4.26. The highest BCUT2D eigenvalue weighted by Gasteiger charge is 2.46. The van der Waals surface area contributed by atoms with Crippen molar-refractivity contribution < 1.29 is 24.3 Å². The number of hydrazine groups is 1. The van der Waals surface area contributed by atoms with Crippen molar-refractivity contribution in [3.05, 3.63) is 114 Å². The minimum Gasteiger partial charge on any atom is -0.508 e. The van der Waals surface area contributed by atoms with E-state index in [4.69, 9.17) is 5.11 Å². The molecule has 1 aromatic heterocycles. The van der Waals surface area contributed by atoms with Crippen LogP contribution in [0.15, 0.2) is 91.6 Å². The predicted molar refractivity (Wildman–Crippen MR) is 207 cm³/mol. The number of fused-ring (bicyclic) bond motifs is 2. The Morgan fingerprint density at radius 2 is 1.68 bits per heavy atom. The molecule has 2 N–H and O–H groups in total. The van der Waals surface area contributed by atoms with Crippen molar-refractivity contribution in [1.82, 2.24) is 29.7 Å². The number of benzene rings is 3. The molecule has 3 aromatic carbocycles. The molecular weight excluding hydrogens is 668 g/mol. The fraction of sp³-hybridized carbons (Fsp3) is 0.381. The summed E-state index contributed by atoms with van der Waals surface area (Å²) in [6.45, 7) is 15.8. The van der Waals surface area contributed by atoms with Gasteiger partial charge in [-0.2, -0.15) is 0 Å². The van der Waals surface area contributed by atoms with Crippen LogP contribution in [0.4, 0.5) is 4.79 Å². The van der Waals surface area contributed by atoms with Gasteiger partial charge in [0.1, 0.15) is 18.5 Å². The number of amides is 4. The monoisotopic (exact) mass is 720 g/mol. The number of aryl methyl sites for hydroxylation is 2. The number of hydrogen-bond donors (Lipinski definition) is 2. The number of ketones is 1. The van der Waals surface area contributed by atoms with E-state index in [0.29, 0.717) is 30.8 Å². The van der Waals surface area contributed by atoms with Gasteiger partial charge in [-0.25, -0.2) is 14.8 Å². The lowest BCUT2D eigenvalue weighted by atomic mass is 9.88. The molecule has 11 nitrogen and oxygen atoms in total. The number of phenolic OH excluding ortho intramolecular Hbond substituents is 1. The van der Waals surface area contributed by atoms with Crippen LogP contribution in [0.25, 0.3) is 10.9 Å². The first-order valence-electron chi connectivity index (χ1n) is 18.2. The minimum absolute atomic E-state index is 0.0240. The minimum atomic E-state index is -0.676. The highest BCUT2D eigenvalue weighted by atomic mass is 16.3. The third-order valence-electron chi connectivity index (χ3n) is 9.29. The summed E-state index contributed by atoms with van der Waals surface area (Å²) in [5.74, 6) is 0.0407. The van der Waals surface area contributed by atoms with Gasteiger partial charge in [0.15, 0.2) is 5.78 Å². The van der Waals surface area contributed by atoms with Gasteiger partial charge in [0.2, 0.25) is 11.8 Å². The summed E-state index contributed by atoms with van der Waals surface area (Å²) >= 11 is 0. The van der Waals surface area contributed by atoms with Crippen molar-refractivity contribution in [2.45, 2.75) is 73.3 Å². The van der Waals surface area contributed by atoms with E-state index in [9.17, 15) is 19.2 Å². The number of nitrogens with zero attached hydrogens (tertiary/aromatic N) is 5. The lowest BCUT2D eigenvalue weighted by Crippen LogP contribution is -2.73. The smallest absolute Gasteiger partial charge is 0.334 e. The molecule has 2 aliphatic heterocycles. The van der Waals surface area contributed by atoms with Crippen LogP contribution in [0.5, 0.6) is 5.75 Å². The molecule has 6 rings (SSSR count). The number of hydrogen-bond acceptors (Lipinski definition) is 6. The second-order valence-corrected chi connectivity index (χ2v) is 14.9. The van der Waals surface area contributed by atoms with Crippen molar-refractivity contribution in [3.63, 3.8) is 0 Å². The van der Waals surface area contributed by atoms with Gasteiger partial charge < -0.3 is 24.8 Å². The molecule has 1 unspecified atom stereocenters. The van der Waals surface area contributed by atoms with Crippen LogP contribution in [0.2, 0.25) is 0 Å². The lowest BCUT2D eigenvalue weighted by molar-refractivity contribution is -0.180. The molecule has 11 heteroatoms. The summed E-state index contributed by atoms with van der Waals surface area (Å²) in [7, 11) is 0. The predicted octanol–water partition coefficient (Wildman–Crippen LogP) is 6.50. The van der Waals surface area contributed by atoms with Gasteiger partial charge in [-0.1, -0.05) is 100.0 Å². The van der Waals surface area contributed by atoms with Gasteiger partial charge >= 0.3 is 6.03 Å². The standard InChI is InChI=1S/C35H44N6O4.C7H8O/c1-6-16-37-21-28(29(42)18-35(3,4)5)27-15-11-14-26(33(27)37)20-38-22-30-40(24-31(38)43)32(44)23-39(17-7-2)41(30)34(45)36-19-25-12-9-8-10-13-25;1-6-2-4-7(8)5-3-6/h7-15,21,30H,2,6,16-20,22-24H2,1,3-5H3,(H,36,45);2-5,8H,1H3. The Morgan fingerprint density at radius 1 is 0.962 bits per heavy atom. The van der Waals surface area contributed by atoms with Crippen LogP contribution < -0.4 is 5.32 Å². The Balaban J connectivity index is 0.000000599. The van der Waals surface area contributed by atoms with Gasteiger partial charge in [0, 0.05) is 49.7 Å². The second kappa shape index (κ2) is 16.9. The number of piperazine rings is 1. The molecule has 4 amide bonds. The highest BCUT2D eigenvalue weighted by Crippen LogP contribution is 2.31. The molecule has 0 spiro atoms. The Morgan fingerprint density at radius 3 is 2.32 bits per heavy atom. The van der Waals surface area contributed by atoms with Gasteiger partial charge in [0.05, 0.1) is 18.6 Å². The first-order chi connectivity index (χ1) is 25.3. The van der Waals surface area contributed by atoms with E-state index in [2.05, 4.69) is 44.2 Å². The summed E-state index contributed by atoms with van der Waals surface area (Å²) in [4.78, 5) is 57.0. The normalized spacial score (nSPS) is 16.2. The SMILES string of the molecule is C=CCN1CC(=O)N2CC(=O)N(Cc3cccc4c(C(=O)CC(C)(C)C)cn(CCC)c34)CC2N1C(=O)NCc1ccccc1.Cc1ccc(O)cc1. The number of para-hydroxylation sites is 1. The number of aromatic hydroxyl groups is 1. The molecule has 2 fully saturated rings. The molecule has 3 heterocycles. The van der Waals surface area contributed by atoms with Crippen molar-refractivity contribution >= 4 is 34.5 Å². The Bertz CT molecular complexity index is 1910. The van der Waals surface area contributed by atoms with Crippen LogP contribution in [-0.4, -0.2) is 85.5 Å². The van der Waals surface area contributed by atoms with Crippen LogP contribution in [0, 0.1) is 12.3 Å². The van der Waals surface area contributed by atoms with Gasteiger partial charge in [-0.3, -0.25) is 14.4 Å². The number of rotatable bonds is 10. The van der Waals surface area contributed by atoms with E-state index in [1.165, 1.54) is 10.5 Å². The molecule has 280 valence electrons. The van der Waals surface area contributed by atoms with Crippen LogP contribution in [0.1, 0.15) is 67.6 Å². The summed E-state index contributed by atoms with van der Waals surface area (Å²) in [5, 5.41) is 15.9. The first kappa shape index (κ1) is 38.8. The van der Waals surface area contributed by atoms with E-state index in [0.717, 1.165) is 35.0 Å². The Hall–Kier alpha value is -5.42. The maximum Gasteiger partial charge on any atom is 0.334 e. The maximum absolute atomic E-state index is 13.7. The van der Waals surface area contributed by atoms with Crippen LogP contribution in [-0.2, 0) is 29.2 Å². The van der Waals surface area contributed by atoms with Gasteiger partial charge in [-0.05, 0) is 42.0 Å². The Kier molecular flexibility index (Phi) is 12.4. The molecule has 0 bridgehead atoms. The van der Waals surface area contributed by atoms with Crippen molar-refractivity contribution in [2.24, 2.45) is 5.41 Å². The fourth-order valence-corrected chi connectivity index (χ4v) is 6.83. The largest absolute Gasteiger partial charge is 0.508 e. The van der Waals surface area contributed by atoms with Gasteiger partial charge in [-0.15, -0.1) is 6.58 Å². The molecular formula is C42H52N6O5. The fourth-order valence-electron chi connectivity index (χ4n) is 6.83. The molecule has 0 radical (unpaired) electrons. The highest BCUT2D eigenvalue weighted by molar-refractivity contribution is 6.09. The summed E-state index contributed by atoms with van der Waals surface area (Å²) in [6, 6.07) is 22.3. The molecule has 53 heavy (non-hydrogen) atoms. The number of carbonyl (C=O) groups excluding carboxylic acids is 4. The number of urea groups is 1. The summed E-state index contributed by atoms with van der Waals surface area (Å²) in [5.41, 5.74) is 4.54. The molecule has 1 atom stereocenters. The lowest BCUT2D eigenvalue weighted by Gasteiger charge is -2.52. The molecule has 2 aliphatic rings. The second-order valence-electron chi connectivity index (χ2n) is 14.9. The number of carbonyl (C=O) groups is 4. The zero-order chi connectivity index (χ0) is 38.3. The van der Waals surface area contributed by atoms with E-state index in [1.807, 2.05) is 73.8 Å². The van der Waals surface area contributed by atoms with Crippen molar-refractivity contribution in [3.8, 4) is 5.75 Å². The number of nitrogens with one attached hydrogen (secondary N) is 1. The zero-order valence-electron chi connectivity index (χ0n) is 31.5. The maximum atomic E-state index is 13.7. The molecule has 0 saturated carbocycles. The average molecular weight is 721 g/mol. The third-order valence-corrected chi connectivity index (χ3v) is 9.29.